The van der Waals surface area contributed by atoms with Gasteiger partial charge in [0.2, 0.25) is 5.91 Å². The molecule has 2 aromatic carbocycles. The van der Waals surface area contributed by atoms with E-state index in [4.69, 9.17) is 23.2 Å². The second kappa shape index (κ2) is 8.92. The Balaban J connectivity index is 1.73. The van der Waals surface area contributed by atoms with Crippen molar-refractivity contribution in [3.8, 4) is 0 Å². The molecule has 2 rings (SSSR count). The smallest absolute Gasteiger partial charge is 0.238 e. The van der Waals surface area contributed by atoms with Crippen LogP contribution in [0.2, 0.25) is 10.0 Å². The normalized spacial score (nSPS) is 10.5. The third-order valence-electron chi connectivity index (χ3n) is 3.54. The van der Waals surface area contributed by atoms with Crippen molar-refractivity contribution in [1.29, 1.82) is 0 Å². The second-order valence-electron chi connectivity index (χ2n) is 5.65. The molecule has 0 spiro atoms. The number of carbonyl (C=O) groups excluding carboxylic acids is 1. The van der Waals surface area contributed by atoms with Crippen molar-refractivity contribution in [2.75, 3.05) is 37.4 Å². The number of rotatable bonds is 7. The minimum absolute atomic E-state index is 0.0743. The Kier molecular flexibility index (Phi) is 6.91. The minimum atomic E-state index is -0.0743. The van der Waals surface area contributed by atoms with Gasteiger partial charge in [-0.15, -0.1) is 0 Å². The number of nitrogens with one attached hydrogen (secondary N) is 2. The zero-order chi connectivity index (χ0) is 17.5. The number of anilines is 2. The predicted molar refractivity (Wildman–Crippen MR) is 102 cm³/mol. The Morgan fingerprint density at radius 1 is 1.08 bits per heavy atom. The van der Waals surface area contributed by atoms with Crippen LogP contribution in [0, 0.1) is 0 Å². The number of amides is 1. The quantitative estimate of drug-likeness (QED) is 0.732. The molecule has 0 unspecified atom stereocenters. The molecule has 6 heteroatoms. The average Bonchev–Trinajstić information content (AvgIpc) is 2.53. The molecule has 0 fully saturated rings. The fourth-order valence-corrected chi connectivity index (χ4v) is 2.70. The number of nitrogens with zero attached hydrogens (tertiary/aromatic N) is 1. The Morgan fingerprint density at radius 3 is 2.42 bits per heavy atom. The maximum Gasteiger partial charge on any atom is 0.238 e. The fraction of sp³-hybridized carbons (Fsp3) is 0.278. The fourth-order valence-electron chi connectivity index (χ4n) is 2.20. The van der Waals surface area contributed by atoms with Crippen molar-refractivity contribution in [2.45, 2.75) is 6.42 Å². The summed E-state index contributed by atoms with van der Waals surface area (Å²) in [6.45, 7) is 0.912. The van der Waals surface area contributed by atoms with Gasteiger partial charge in [0.05, 0.1) is 6.54 Å². The molecule has 0 saturated carbocycles. The molecule has 128 valence electrons. The summed E-state index contributed by atoms with van der Waals surface area (Å²) in [7, 11) is 3.95. The molecular formula is C18H21Cl2N3O. The van der Waals surface area contributed by atoms with Crippen molar-refractivity contribution in [3.05, 3.63) is 58.1 Å². The van der Waals surface area contributed by atoms with Crippen molar-refractivity contribution >= 4 is 40.5 Å². The lowest BCUT2D eigenvalue weighted by molar-refractivity contribution is -0.115. The van der Waals surface area contributed by atoms with E-state index in [1.807, 2.05) is 55.4 Å². The Morgan fingerprint density at radius 2 is 1.79 bits per heavy atom. The zero-order valence-electron chi connectivity index (χ0n) is 13.8. The highest BCUT2D eigenvalue weighted by atomic mass is 35.5. The van der Waals surface area contributed by atoms with Gasteiger partial charge in [-0.3, -0.25) is 4.79 Å². The summed E-state index contributed by atoms with van der Waals surface area (Å²) in [4.78, 5) is 13.9. The van der Waals surface area contributed by atoms with Gasteiger partial charge in [-0.05, 0) is 54.9 Å². The Bertz CT molecular complexity index is 687. The number of hydrogen-bond donors (Lipinski definition) is 2. The monoisotopic (exact) mass is 365 g/mol. The third kappa shape index (κ3) is 5.71. The van der Waals surface area contributed by atoms with Gasteiger partial charge in [0.15, 0.2) is 0 Å². The molecule has 0 aliphatic carbocycles. The summed E-state index contributed by atoms with van der Waals surface area (Å²) in [6, 6.07) is 13.1. The first-order chi connectivity index (χ1) is 11.5. The van der Waals surface area contributed by atoms with E-state index in [9.17, 15) is 4.79 Å². The molecule has 2 N–H and O–H groups in total. The lowest BCUT2D eigenvalue weighted by atomic mass is 10.1. The van der Waals surface area contributed by atoms with Crippen LogP contribution >= 0.6 is 23.2 Å². The van der Waals surface area contributed by atoms with Gasteiger partial charge in [0.25, 0.3) is 0 Å². The van der Waals surface area contributed by atoms with E-state index in [2.05, 4.69) is 10.6 Å². The molecule has 0 heterocycles. The summed E-state index contributed by atoms with van der Waals surface area (Å²) in [5.41, 5.74) is 2.88. The first-order valence-electron chi connectivity index (χ1n) is 7.67. The highest BCUT2D eigenvalue weighted by Gasteiger charge is 2.04. The highest BCUT2D eigenvalue weighted by Crippen LogP contribution is 2.21. The van der Waals surface area contributed by atoms with Crippen LogP contribution in [0.1, 0.15) is 5.56 Å². The predicted octanol–water partition coefficient (Wildman–Crippen LogP) is 3.83. The standard InChI is InChI=1S/C18H21Cl2N3O/c1-23(2)16-7-5-15(6-8-16)22-18(24)12-21-10-9-13-3-4-14(19)11-17(13)20/h3-8,11,21H,9-10,12H2,1-2H3,(H,22,24). The number of carbonyl (C=O) groups is 1. The van der Waals surface area contributed by atoms with Crippen molar-refractivity contribution < 1.29 is 4.79 Å². The van der Waals surface area contributed by atoms with Gasteiger partial charge >= 0.3 is 0 Å². The van der Waals surface area contributed by atoms with Gasteiger partial charge in [-0.25, -0.2) is 0 Å². The van der Waals surface area contributed by atoms with Crippen LogP contribution in [-0.2, 0) is 11.2 Å². The molecule has 0 saturated heterocycles. The lowest BCUT2D eigenvalue weighted by Crippen LogP contribution is -2.29. The lowest BCUT2D eigenvalue weighted by Gasteiger charge is -2.13. The minimum Gasteiger partial charge on any atom is -0.378 e. The van der Waals surface area contributed by atoms with E-state index >= 15 is 0 Å². The van der Waals surface area contributed by atoms with Crippen LogP contribution in [0.5, 0.6) is 0 Å². The van der Waals surface area contributed by atoms with Crippen LogP contribution in [0.15, 0.2) is 42.5 Å². The van der Waals surface area contributed by atoms with Gasteiger partial charge in [-0.1, -0.05) is 29.3 Å². The first kappa shape index (κ1) is 18.6. The SMILES string of the molecule is CN(C)c1ccc(NC(=O)CNCCc2ccc(Cl)cc2Cl)cc1. The molecule has 0 aromatic heterocycles. The van der Waals surface area contributed by atoms with Crippen molar-refractivity contribution in [2.24, 2.45) is 0 Å². The van der Waals surface area contributed by atoms with Crippen LogP contribution in [-0.4, -0.2) is 33.1 Å². The molecule has 0 aliphatic heterocycles. The second-order valence-corrected chi connectivity index (χ2v) is 6.50. The molecule has 1 amide bonds. The van der Waals surface area contributed by atoms with Crippen molar-refractivity contribution in [3.63, 3.8) is 0 Å². The largest absolute Gasteiger partial charge is 0.378 e. The van der Waals surface area contributed by atoms with Crippen LogP contribution in [0.25, 0.3) is 0 Å². The van der Waals surface area contributed by atoms with E-state index in [1.54, 1.807) is 6.07 Å². The maximum atomic E-state index is 11.9. The molecule has 0 bridgehead atoms. The molecule has 4 nitrogen and oxygen atoms in total. The molecule has 2 aromatic rings. The number of halogens is 2. The summed E-state index contributed by atoms with van der Waals surface area (Å²) in [6.07, 6.45) is 0.737. The van der Waals surface area contributed by atoms with Crippen LogP contribution in [0.3, 0.4) is 0 Å². The van der Waals surface area contributed by atoms with Gasteiger partial charge in [-0.2, -0.15) is 0 Å². The summed E-state index contributed by atoms with van der Waals surface area (Å²) < 4.78 is 0. The maximum absolute atomic E-state index is 11.9. The van der Waals surface area contributed by atoms with E-state index < -0.39 is 0 Å². The van der Waals surface area contributed by atoms with Gasteiger partial charge in [0.1, 0.15) is 0 Å². The molecule has 0 atom stereocenters. The van der Waals surface area contributed by atoms with Crippen LogP contribution < -0.4 is 15.5 Å². The summed E-state index contributed by atoms with van der Waals surface area (Å²) >= 11 is 12.0. The van der Waals surface area contributed by atoms with E-state index in [-0.39, 0.29) is 12.5 Å². The summed E-state index contributed by atoms with van der Waals surface area (Å²) in [5.74, 6) is -0.0743. The topological polar surface area (TPSA) is 44.4 Å². The van der Waals surface area contributed by atoms with E-state index in [1.165, 1.54) is 0 Å². The third-order valence-corrected chi connectivity index (χ3v) is 4.13. The Hall–Kier alpha value is -1.75. The Labute approximate surface area is 152 Å². The molecule has 0 radical (unpaired) electrons. The molecule has 24 heavy (non-hydrogen) atoms. The number of hydrogen-bond acceptors (Lipinski definition) is 3. The van der Waals surface area contributed by atoms with E-state index in [0.717, 1.165) is 23.4 Å². The van der Waals surface area contributed by atoms with Crippen LogP contribution in [0.4, 0.5) is 11.4 Å². The highest BCUT2D eigenvalue weighted by molar-refractivity contribution is 6.35. The van der Waals surface area contributed by atoms with Gasteiger partial charge < -0.3 is 15.5 Å². The van der Waals surface area contributed by atoms with Gasteiger partial charge in [0, 0.05) is 35.5 Å². The number of benzene rings is 2. The van der Waals surface area contributed by atoms with Crippen molar-refractivity contribution in [1.82, 2.24) is 5.32 Å². The zero-order valence-corrected chi connectivity index (χ0v) is 15.3. The average molecular weight is 366 g/mol. The summed E-state index contributed by atoms with van der Waals surface area (Å²) in [5, 5.41) is 7.25. The van der Waals surface area contributed by atoms with E-state index in [0.29, 0.717) is 16.6 Å². The molecule has 0 aliphatic rings. The molecular weight excluding hydrogens is 345 g/mol. The first-order valence-corrected chi connectivity index (χ1v) is 8.43.